The van der Waals surface area contributed by atoms with E-state index in [1.54, 1.807) is 0 Å². The van der Waals surface area contributed by atoms with E-state index >= 15 is 0 Å². The molecule has 0 saturated carbocycles. The first kappa shape index (κ1) is 17.1. The van der Waals surface area contributed by atoms with Gasteiger partial charge in [-0.1, -0.05) is 20.4 Å². The molecule has 0 radical (unpaired) electrons. The number of allylic oxidation sites excluding steroid dienone is 2. The standard InChI is InChI=1S/C18H28O4/c1-7-15-11(2)8-9-18(21-15)13(4)10-12(3)16(22-18)14(5)17(19)20-6/h12,14,16H,4,7-10H2,1-3,5-6H3/t12-,14+,16-,18-/m0/s1. The Labute approximate surface area is 133 Å². The maximum atomic E-state index is 11.9. The lowest BCUT2D eigenvalue weighted by Gasteiger charge is -2.48. The zero-order valence-electron chi connectivity index (χ0n) is 14.4. The minimum Gasteiger partial charge on any atom is -0.469 e. The van der Waals surface area contributed by atoms with Crippen LogP contribution in [0.2, 0.25) is 0 Å². The molecular formula is C18H28O4. The molecule has 2 aliphatic rings. The molecule has 2 aliphatic heterocycles. The van der Waals surface area contributed by atoms with Crippen LogP contribution in [0, 0.1) is 11.8 Å². The Morgan fingerprint density at radius 1 is 1.55 bits per heavy atom. The van der Waals surface area contributed by atoms with Crippen molar-refractivity contribution in [3.8, 4) is 0 Å². The average Bonchev–Trinajstić information content (AvgIpc) is 2.51. The Morgan fingerprint density at radius 2 is 2.23 bits per heavy atom. The predicted molar refractivity (Wildman–Crippen MR) is 85.0 cm³/mol. The van der Waals surface area contributed by atoms with Gasteiger partial charge in [0.1, 0.15) is 0 Å². The SMILES string of the molecule is C=C1C[C@H](C)[C@@H]([C@@H](C)C(=O)OC)O[C@@]12CCC(C)=C(CC)O2. The van der Waals surface area contributed by atoms with Crippen LogP contribution in [0.1, 0.15) is 53.4 Å². The quantitative estimate of drug-likeness (QED) is 0.584. The van der Waals surface area contributed by atoms with E-state index in [0.717, 1.165) is 37.0 Å². The van der Waals surface area contributed by atoms with Gasteiger partial charge in [0.25, 0.3) is 0 Å². The van der Waals surface area contributed by atoms with Gasteiger partial charge in [-0.15, -0.1) is 0 Å². The average molecular weight is 308 g/mol. The fourth-order valence-corrected chi connectivity index (χ4v) is 3.53. The number of hydrogen-bond donors (Lipinski definition) is 0. The molecule has 22 heavy (non-hydrogen) atoms. The van der Waals surface area contributed by atoms with Crippen molar-refractivity contribution in [1.82, 2.24) is 0 Å². The Bertz CT molecular complexity index is 493. The molecular weight excluding hydrogens is 280 g/mol. The Morgan fingerprint density at radius 3 is 2.82 bits per heavy atom. The Hall–Kier alpha value is -1.29. The van der Waals surface area contributed by atoms with E-state index in [1.807, 2.05) is 6.92 Å². The molecule has 4 heteroatoms. The van der Waals surface area contributed by atoms with Crippen LogP contribution in [0.25, 0.3) is 0 Å². The number of esters is 1. The number of ether oxygens (including phenoxy) is 3. The normalized spacial score (nSPS) is 33.6. The first-order valence-electron chi connectivity index (χ1n) is 8.16. The van der Waals surface area contributed by atoms with Gasteiger partial charge in [0, 0.05) is 12.8 Å². The third kappa shape index (κ3) is 2.94. The van der Waals surface area contributed by atoms with Crippen LogP contribution in [0.3, 0.4) is 0 Å². The van der Waals surface area contributed by atoms with E-state index in [0.29, 0.717) is 0 Å². The zero-order chi connectivity index (χ0) is 16.5. The summed E-state index contributed by atoms with van der Waals surface area (Å²) < 4.78 is 17.5. The topological polar surface area (TPSA) is 44.8 Å². The zero-order valence-corrected chi connectivity index (χ0v) is 14.4. The highest BCUT2D eigenvalue weighted by atomic mass is 16.7. The first-order chi connectivity index (χ1) is 10.3. The Balaban J connectivity index is 2.26. The van der Waals surface area contributed by atoms with Crippen molar-refractivity contribution in [2.45, 2.75) is 65.3 Å². The van der Waals surface area contributed by atoms with Crippen molar-refractivity contribution in [3.05, 3.63) is 23.5 Å². The van der Waals surface area contributed by atoms with E-state index in [1.165, 1.54) is 12.7 Å². The molecule has 0 bridgehead atoms. The summed E-state index contributed by atoms with van der Waals surface area (Å²) in [7, 11) is 1.42. The largest absolute Gasteiger partial charge is 0.469 e. The first-order valence-corrected chi connectivity index (χ1v) is 8.16. The van der Waals surface area contributed by atoms with Gasteiger partial charge in [0.15, 0.2) is 0 Å². The molecule has 0 unspecified atom stereocenters. The second-order valence-electron chi connectivity index (χ2n) is 6.59. The van der Waals surface area contributed by atoms with Gasteiger partial charge >= 0.3 is 5.97 Å². The molecule has 1 saturated heterocycles. The van der Waals surface area contributed by atoms with Crippen LogP contribution in [0.4, 0.5) is 0 Å². The van der Waals surface area contributed by atoms with Crippen LogP contribution >= 0.6 is 0 Å². The highest BCUT2D eigenvalue weighted by Crippen LogP contribution is 2.46. The fraction of sp³-hybridized carbons (Fsp3) is 0.722. The maximum Gasteiger partial charge on any atom is 0.311 e. The van der Waals surface area contributed by atoms with Crippen molar-refractivity contribution in [1.29, 1.82) is 0 Å². The van der Waals surface area contributed by atoms with Crippen molar-refractivity contribution < 1.29 is 19.0 Å². The van der Waals surface area contributed by atoms with Crippen molar-refractivity contribution in [3.63, 3.8) is 0 Å². The lowest BCUT2D eigenvalue weighted by molar-refractivity contribution is -0.261. The molecule has 1 fully saturated rings. The molecule has 1 spiro atoms. The summed E-state index contributed by atoms with van der Waals surface area (Å²) in [5.41, 5.74) is 2.26. The third-order valence-corrected chi connectivity index (χ3v) is 4.97. The summed E-state index contributed by atoms with van der Waals surface area (Å²) in [6, 6.07) is 0. The number of carbonyl (C=O) groups is 1. The summed E-state index contributed by atoms with van der Waals surface area (Å²) in [6.07, 6.45) is 3.14. The Kier molecular flexibility index (Phi) is 5.00. The van der Waals surface area contributed by atoms with Gasteiger partial charge in [0.05, 0.1) is 24.9 Å². The summed E-state index contributed by atoms with van der Waals surface area (Å²) in [6.45, 7) is 12.3. The van der Waals surface area contributed by atoms with E-state index in [-0.39, 0.29) is 23.9 Å². The molecule has 4 nitrogen and oxygen atoms in total. The van der Waals surface area contributed by atoms with Crippen LogP contribution in [0.5, 0.6) is 0 Å². The minimum atomic E-state index is -0.774. The highest BCUT2D eigenvalue weighted by Gasteiger charge is 2.49. The number of methoxy groups -OCH3 is 1. The molecule has 0 aromatic rings. The smallest absolute Gasteiger partial charge is 0.311 e. The van der Waals surface area contributed by atoms with Crippen LogP contribution in [-0.4, -0.2) is 25.0 Å². The molecule has 0 aromatic heterocycles. The van der Waals surface area contributed by atoms with E-state index in [9.17, 15) is 4.79 Å². The van der Waals surface area contributed by atoms with Gasteiger partial charge in [-0.25, -0.2) is 0 Å². The van der Waals surface area contributed by atoms with Gasteiger partial charge < -0.3 is 14.2 Å². The van der Waals surface area contributed by atoms with Gasteiger partial charge in [-0.2, -0.15) is 0 Å². The van der Waals surface area contributed by atoms with Gasteiger partial charge in [-0.05, 0) is 43.8 Å². The van der Waals surface area contributed by atoms with E-state index in [4.69, 9.17) is 14.2 Å². The molecule has 124 valence electrons. The molecule has 0 aromatic carbocycles. The molecule has 0 N–H and O–H groups in total. The maximum absolute atomic E-state index is 11.9. The molecule has 0 amide bonds. The van der Waals surface area contributed by atoms with Crippen LogP contribution in [0.15, 0.2) is 23.5 Å². The lowest BCUT2D eigenvalue weighted by Crippen LogP contribution is -2.52. The lowest BCUT2D eigenvalue weighted by atomic mass is 9.80. The fourth-order valence-electron chi connectivity index (χ4n) is 3.53. The molecule has 2 rings (SSSR count). The van der Waals surface area contributed by atoms with Crippen LogP contribution < -0.4 is 0 Å². The minimum absolute atomic E-state index is 0.213. The highest BCUT2D eigenvalue weighted by molar-refractivity contribution is 5.72. The second kappa shape index (κ2) is 6.45. The van der Waals surface area contributed by atoms with Crippen molar-refractivity contribution >= 4 is 5.97 Å². The van der Waals surface area contributed by atoms with E-state index < -0.39 is 5.79 Å². The van der Waals surface area contributed by atoms with Gasteiger partial charge in [-0.3, -0.25) is 4.79 Å². The van der Waals surface area contributed by atoms with Crippen molar-refractivity contribution in [2.24, 2.45) is 11.8 Å². The summed E-state index contributed by atoms with van der Waals surface area (Å²) in [5, 5.41) is 0. The summed E-state index contributed by atoms with van der Waals surface area (Å²) in [5.74, 6) is -0.118. The third-order valence-electron chi connectivity index (χ3n) is 4.97. The van der Waals surface area contributed by atoms with Crippen LogP contribution in [-0.2, 0) is 19.0 Å². The number of carbonyl (C=O) groups excluding carboxylic acids is 1. The second-order valence-corrected chi connectivity index (χ2v) is 6.59. The molecule has 0 aliphatic carbocycles. The summed E-state index contributed by atoms with van der Waals surface area (Å²) in [4.78, 5) is 11.9. The monoisotopic (exact) mass is 308 g/mol. The van der Waals surface area contributed by atoms with E-state index in [2.05, 4.69) is 27.4 Å². The molecule has 2 heterocycles. The summed E-state index contributed by atoms with van der Waals surface area (Å²) >= 11 is 0. The van der Waals surface area contributed by atoms with Crippen molar-refractivity contribution in [2.75, 3.05) is 7.11 Å². The predicted octanol–water partition coefficient (Wildman–Crippen LogP) is 3.97. The number of hydrogen-bond acceptors (Lipinski definition) is 4. The molecule has 4 atom stereocenters. The van der Waals surface area contributed by atoms with Gasteiger partial charge in [0.2, 0.25) is 5.79 Å². The number of rotatable bonds is 3.